The van der Waals surface area contributed by atoms with Gasteiger partial charge >= 0.3 is 0 Å². The van der Waals surface area contributed by atoms with Gasteiger partial charge in [0.2, 0.25) is 5.91 Å². The van der Waals surface area contributed by atoms with Gasteiger partial charge in [0.05, 0.1) is 19.8 Å². The highest BCUT2D eigenvalue weighted by Gasteiger charge is 2.25. The maximum Gasteiger partial charge on any atom is 0.257 e. The standard InChI is InChI=1S/C28H38N4O5/c1-30(20-22-7-10-27(33)29-22)19-21-5-4-6-24(17-21)37-16-15-31-11-13-32(14-12-31)28(34)25-18-23(35-2)8-9-26(25)36-3/h4-6,8-9,17-18,22H,7,10-16,19-20H2,1-3H3,(H,29,33). The minimum Gasteiger partial charge on any atom is -0.497 e. The molecular weight excluding hydrogens is 472 g/mol. The van der Waals surface area contributed by atoms with Crippen molar-refractivity contribution in [3.63, 3.8) is 0 Å². The number of benzene rings is 2. The second kappa shape index (κ2) is 12.8. The Morgan fingerprint density at radius 3 is 2.57 bits per heavy atom. The third-order valence-corrected chi connectivity index (χ3v) is 6.94. The van der Waals surface area contributed by atoms with Gasteiger partial charge in [-0.2, -0.15) is 0 Å². The Kier molecular flexibility index (Phi) is 9.24. The molecule has 0 spiro atoms. The average molecular weight is 511 g/mol. The van der Waals surface area contributed by atoms with Crippen LogP contribution in [-0.4, -0.2) is 99.7 Å². The first-order valence-electron chi connectivity index (χ1n) is 12.9. The SMILES string of the molecule is COc1ccc(OC)c(C(=O)N2CCN(CCOc3cccc(CN(C)CC4CCC(=O)N4)c3)CC2)c1. The number of piperazine rings is 1. The lowest BCUT2D eigenvalue weighted by Crippen LogP contribution is -2.49. The normalized spacial score (nSPS) is 18.1. The van der Waals surface area contributed by atoms with Crippen LogP contribution in [0.4, 0.5) is 0 Å². The van der Waals surface area contributed by atoms with E-state index in [1.807, 2.05) is 17.0 Å². The Labute approximate surface area is 219 Å². The van der Waals surface area contributed by atoms with Gasteiger partial charge < -0.3 is 29.3 Å². The van der Waals surface area contributed by atoms with Gasteiger partial charge in [-0.15, -0.1) is 0 Å². The van der Waals surface area contributed by atoms with Crippen LogP contribution in [0.3, 0.4) is 0 Å². The van der Waals surface area contributed by atoms with Crippen molar-refractivity contribution in [3.8, 4) is 17.2 Å². The summed E-state index contributed by atoms with van der Waals surface area (Å²) in [7, 11) is 5.24. The second-order valence-corrected chi connectivity index (χ2v) is 9.70. The quantitative estimate of drug-likeness (QED) is 0.497. The number of hydrogen-bond donors (Lipinski definition) is 1. The van der Waals surface area contributed by atoms with Gasteiger partial charge in [-0.1, -0.05) is 12.1 Å². The Hall–Kier alpha value is -3.30. The summed E-state index contributed by atoms with van der Waals surface area (Å²) in [5.74, 6) is 2.17. The van der Waals surface area contributed by atoms with E-state index < -0.39 is 0 Å². The van der Waals surface area contributed by atoms with Crippen LogP contribution in [0.2, 0.25) is 0 Å². The zero-order valence-corrected chi connectivity index (χ0v) is 22.1. The fourth-order valence-electron chi connectivity index (χ4n) is 4.92. The summed E-state index contributed by atoms with van der Waals surface area (Å²) in [5.41, 5.74) is 1.71. The molecule has 1 atom stereocenters. The molecule has 200 valence electrons. The predicted octanol–water partition coefficient (Wildman–Crippen LogP) is 2.25. The summed E-state index contributed by atoms with van der Waals surface area (Å²) in [6.45, 7) is 5.94. The van der Waals surface area contributed by atoms with E-state index in [1.54, 1.807) is 32.4 Å². The molecule has 0 radical (unpaired) electrons. The van der Waals surface area contributed by atoms with Gasteiger partial charge in [-0.05, 0) is 49.4 Å². The molecule has 2 aromatic carbocycles. The van der Waals surface area contributed by atoms with Gasteiger partial charge in [-0.3, -0.25) is 14.5 Å². The zero-order chi connectivity index (χ0) is 26.2. The summed E-state index contributed by atoms with van der Waals surface area (Å²) >= 11 is 0. The van der Waals surface area contributed by atoms with Crippen LogP contribution < -0.4 is 19.5 Å². The highest BCUT2D eigenvalue weighted by molar-refractivity contribution is 5.97. The number of nitrogens with one attached hydrogen (secondary N) is 1. The van der Waals surface area contributed by atoms with Crippen LogP contribution in [0.1, 0.15) is 28.8 Å². The number of amides is 2. The first-order valence-corrected chi connectivity index (χ1v) is 12.9. The molecule has 2 amide bonds. The number of hydrogen-bond acceptors (Lipinski definition) is 7. The van der Waals surface area contributed by atoms with Gasteiger partial charge in [0, 0.05) is 58.3 Å². The lowest BCUT2D eigenvalue weighted by molar-refractivity contribution is -0.119. The molecule has 1 N–H and O–H groups in total. The molecular formula is C28H38N4O5. The molecule has 2 aliphatic heterocycles. The molecule has 0 bridgehead atoms. The van der Waals surface area contributed by atoms with Crippen molar-refractivity contribution < 1.29 is 23.8 Å². The van der Waals surface area contributed by atoms with Crippen molar-refractivity contribution in [1.82, 2.24) is 20.0 Å². The third kappa shape index (κ3) is 7.36. The second-order valence-electron chi connectivity index (χ2n) is 9.70. The molecule has 9 nitrogen and oxygen atoms in total. The van der Waals surface area contributed by atoms with Crippen LogP contribution in [-0.2, 0) is 11.3 Å². The smallest absolute Gasteiger partial charge is 0.257 e. The lowest BCUT2D eigenvalue weighted by atomic mass is 10.1. The van der Waals surface area contributed by atoms with E-state index in [-0.39, 0.29) is 17.9 Å². The number of likely N-dealkylation sites (N-methyl/N-ethyl adjacent to an activating group) is 1. The summed E-state index contributed by atoms with van der Waals surface area (Å²) < 4.78 is 16.7. The van der Waals surface area contributed by atoms with E-state index in [0.717, 1.165) is 44.9 Å². The molecule has 9 heteroatoms. The maximum atomic E-state index is 13.1. The lowest BCUT2D eigenvalue weighted by Gasteiger charge is -2.34. The molecule has 2 fully saturated rings. The van der Waals surface area contributed by atoms with Crippen LogP contribution in [0, 0.1) is 0 Å². The number of rotatable bonds is 11. The number of methoxy groups -OCH3 is 2. The predicted molar refractivity (Wildman–Crippen MR) is 141 cm³/mol. The highest BCUT2D eigenvalue weighted by atomic mass is 16.5. The van der Waals surface area contributed by atoms with Crippen molar-refractivity contribution in [2.45, 2.75) is 25.4 Å². The first kappa shape index (κ1) is 26.8. The average Bonchev–Trinajstić information content (AvgIpc) is 3.32. The van der Waals surface area contributed by atoms with Crippen LogP contribution >= 0.6 is 0 Å². The molecule has 2 saturated heterocycles. The largest absolute Gasteiger partial charge is 0.497 e. The molecule has 2 aliphatic rings. The number of carbonyl (C=O) groups excluding carboxylic acids is 2. The van der Waals surface area contributed by atoms with E-state index in [4.69, 9.17) is 14.2 Å². The van der Waals surface area contributed by atoms with E-state index in [1.165, 1.54) is 5.56 Å². The van der Waals surface area contributed by atoms with Crippen molar-refractivity contribution in [1.29, 1.82) is 0 Å². The van der Waals surface area contributed by atoms with Gasteiger partial charge in [-0.25, -0.2) is 0 Å². The molecule has 0 aromatic heterocycles. The van der Waals surface area contributed by atoms with Gasteiger partial charge in [0.25, 0.3) is 5.91 Å². The number of nitrogens with zero attached hydrogens (tertiary/aromatic N) is 3. The topological polar surface area (TPSA) is 83.6 Å². The highest BCUT2D eigenvalue weighted by Crippen LogP contribution is 2.26. The Morgan fingerprint density at radius 2 is 1.86 bits per heavy atom. The molecule has 0 aliphatic carbocycles. The van der Waals surface area contributed by atoms with Crippen molar-refractivity contribution >= 4 is 11.8 Å². The van der Waals surface area contributed by atoms with Crippen molar-refractivity contribution in [2.75, 3.05) is 67.1 Å². The molecule has 37 heavy (non-hydrogen) atoms. The number of ether oxygens (including phenoxy) is 3. The van der Waals surface area contributed by atoms with Gasteiger partial charge in [0.15, 0.2) is 0 Å². The Morgan fingerprint density at radius 1 is 1.05 bits per heavy atom. The fourth-order valence-corrected chi connectivity index (χ4v) is 4.92. The molecule has 2 heterocycles. The molecule has 1 unspecified atom stereocenters. The Bertz CT molecular complexity index is 1070. The monoisotopic (exact) mass is 510 g/mol. The summed E-state index contributed by atoms with van der Waals surface area (Å²) in [4.78, 5) is 30.9. The molecule has 4 rings (SSSR count). The van der Waals surface area contributed by atoms with E-state index >= 15 is 0 Å². The minimum atomic E-state index is -0.0382. The van der Waals surface area contributed by atoms with E-state index in [9.17, 15) is 9.59 Å². The summed E-state index contributed by atoms with van der Waals surface area (Å²) in [6, 6.07) is 13.7. The van der Waals surface area contributed by atoms with E-state index in [2.05, 4.69) is 34.3 Å². The van der Waals surface area contributed by atoms with Crippen LogP contribution in [0.25, 0.3) is 0 Å². The summed E-state index contributed by atoms with van der Waals surface area (Å²) in [6.07, 6.45) is 1.54. The minimum absolute atomic E-state index is 0.0382. The van der Waals surface area contributed by atoms with Crippen molar-refractivity contribution in [3.05, 3.63) is 53.6 Å². The van der Waals surface area contributed by atoms with Crippen molar-refractivity contribution in [2.24, 2.45) is 0 Å². The summed E-state index contributed by atoms with van der Waals surface area (Å²) in [5, 5.41) is 3.03. The first-order chi connectivity index (χ1) is 17.9. The third-order valence-electron chi connectivity index (χ3n) is 6.94. The molecule has 2 aromatic rings. The Balaban J connectivity index is 1.20. The maximum absolute atomic E-state index is 13.1. The van der Waals surface area contributed by atoms with E-state index in [0.29, 0.717) is 43.2 Å². The zero-order valence-electron chi connectivity index (χ0n) is 22.1. The van der Waals surface area contributed by atoms with Crippen LogP contribution in [0.5, 0.6) is 17.2 Å². The molecule has 0 saturated carbocycles. The fraction of sp³-hybridized carbons (Fsp3) is 0.500. The van der Waals surface area contributed by atoms with Crippen LogP contribution in [0.15, 0.2) is 42.5 Å². The number of carbonyl (C=O) groups is 2. The van der Waals surface area contributed by atoms with Gasteiger partial charge in [0.1, 0.15) is 23.9 Å².